The number of fused-ring (bicyclic) bond motifs is 1. The molecule has 1 aliphatic carbocycles. The Morgan fingerprint density at radius 2 is 2.05 bits per heavy atom. The monoisotopic (exact) mass is 265 g/mol. The van der Waals surface area contributed by atoms with Gasteiger partial charge in [-0.3, -0.25) is 14.5 Å². The van der Waals surface area contributed by atoms with E-state index in [9.17, 15) is 19.6 Å². The summed E-state index contributed by atoms with van der Waals surface area (Å²) in [7, 11) is 4.03. The highest BCUT2D eigenvalue weighted by Gasteiger charge is 2.76. The van der Waals surface area contributed by atoms with Crippen molar-refractivity contribution in [2.24, 2.45) is 11.3 Å². The van der Waals surface area contributed by atoms with Gasteiger partial charge in [0.25, 0.3) is 0 Å². The molecule has 0 aromatic rings. The largest absolute Gasteiger partial charge is 0.469 e. The average molecular weight is 265 g/mol. The van der Waals surface area contributed by atoms with Crippen LogP contribution in [0.25, 0.3) is 0 Å². The number of esters is 1. The second kappa shape index (κ2) is 3.70. The lowest BCUT2D eigenvalue weighted by Crippen LogP contribution is -2.80. The molecule has 0 bridgehead atoms. The summed E-state index contributed by atoms with van der Waals surface area (Å²) in [6.07, 6.45) is 0.202. The number of methoxy groups -OCH3 is 1. The lowest BCUT2D eigenvalue weighted by Gasteiger charge is -2.62. The third-order valence-corrected chi connectivity index (χ3v) is 4.50. The molecular weight excluding hydrogens is 250 g/mol. The SMILES string of the molecule is COC(=O)C1(C)CC2C(=O)N(C)C(=O)N(C)C21C#N. The van der Waals surface area contributed by atoms with Crippen molar-refractivity contribution in [3.05, 3.63) is 0 Å². The highest BCUT2D eigenvalue weighted by molar-refractivity contribution is 6.03. The van der Waals surface area contributed by atoms with Gasteiger partial charge in [0.2, 0.25) is 5.91 Å². The van der Waals surface area contributed by atoms with Crippen molar-refractivity contribution in [3.8, 4) is 6.07 Å². The number of urea groups is 1. The molecular formula is C12H15N3O4. The second-order valence-electron chi connectivity index (χ2n) is 5.20. The molecule has 3 amide bonds. The van der Waals surface area contributed by atoms with E-state index in [1.165, 1.54) is 26.1 Å². The van der Waals surface area contributed by atoms with Crippen molar-refractivity contribution in [3.63, 3.8) is 0 Å². The van der Waals surface area contributed by atoms with Crippen LogP contribution in [0.1, 0.15) is 13.3 Å². The maximum atomic E-state index is 12.1. The summed E-state index contributed by atoms with van der Waals surface area (Å²) in [5, 5.41) is 9.52. The first kappa shape index (κ1) is 13.3. The van der Waals surface area contributed by atoms with Crippen molar-refractivity contribution < 1.29 is 19.1 Å². The zero-order valence-corrected chi connectivity index (χ0v) is 11.3. The maximum Gasteiger partial charge on any atom is 0.327 e. The van der Waals surface area contributed by atoms with E-state index in [-0.39, 0.29) is 6.42 Å². The van der Waals surface area contributed by atoms with Crippen LogP contribution >= 0.6 is 0 Å². The summed E-state index contributed by atoms with van der Waals surface area (Å²) in [5.74, 6) is -1.69. The Bertz CT molecular complexity index is 506. The number of carbonyl (C=O) groups excluding carboxylic acids is 3. The maximum absolute atomic E-state index is 12.1. The molecule has 0 aromatic heterocycles. The number of nitrogens with zero attached hydrogens (tertiary/aromatic N) is 3. The van der Waals surface area contributed by atoms with Crippen molar-refractivity contribution >= 4 is 17.9 Å². The van der Waals surface area contributed by atoms with Gasteiger partial charge < -0.3 is 9.64 Å². The van der Waals surface area contributed by atoms with Crippen molar-refractivity contribution in [1.82, 2.24) is 9.80 Å². The molecule has 2 fully saturated rings. The molecule has 0 radical (unpaired) electrons. The highest BCUT2D eigenvalue weighted by Crippen LogP contribution is 2.59. The Morgan fingerprint density at radius 1 is 1.47 bits per heavy atom. The molecule has 2 rings (SSSR count). The van der Waals surface area contributed by atoms with Gasteiger partial charge in [0.1, 0.15) is 5.41 Å². The van der Waals surface area contributed by atoms with E-state index >= 15 is 0 Å². The van der Waals surface area contributed by atoms with Gasteiger partial charge in [-0.15, -0.1) is 0 Å². The first-order valence-corrected chi connectivity index (χ1v) is 5.83. The van der Waals surface area contributed by atoms with Gasteiger partial charge >= 0.3 is 12.0 Å². The van der Waals surface area contributed by atoms with Gasteiger partial charge in [0, 0.05) is 14.1 Å². The molecule has 0 N–H and O–H groups in total. The van der Waals surface area contributed by atoms with Gasteiger partial charge in [0.05, 0.1) is 19.1 Å². The molecule has 3 atom stereocenters. The third kappa shape index (κ3) is 1.19. The lowest BCUT2D eigenvalue weighted by molar-refractivity contribution is -0.191. The van der Waals surface area contributed by atoms with Crippen LogP contribution in [-0.4, -0.2) is 54.5 Å². The van der Waals surface area contributed by atoms with Crippen LogP contribution in [0.5, 0.6) is 0 Å². The van der Waals surface area contributed by atoms with E-state index in [4.69, 9.17) is 4.74 Å². The standard InChI is InChI=1S/C12H15N3O4/c1-11(9(17)19-4)5-7-8(16)14(2)10(18)15(3)12(7,11)6-13/h7H,5H2,1-4H3. The summed E-state index contributed by atoms with van der Waals surface area (Å²) in [6, 6.07) is 1.43. The van der Waals surface area contributed by atoms with E-state index in [0.29, 0.717) is 0 Å². The van der Waals surface area contributed by atoms with Crippen LogP contribution in [0, 0.1) is 22.7 Å². The molecule has 1 saturated carbocycles. The highest BCUT2D eigenvalue weighted by atomic mass is 16.5. The Labute approximate surface area is 110 Å². The Balaban J connectivity index is 2.56. The van der Waals surface area contributed by atoms with Crippen molar-refractivity contribution in [2.45, 2.75) is 18.9 Å². The normalized spacial score (nSPS) is 37.3. The molecule has 19 heavy (non-hydrogen) atoms. The van der Waals surface area contributed by atoms with E-state index in [1.807, 2.05) is 6.07 Å². The molecule has 0 aromatic carbocycles. The molecule has 7 nitrogen and oxygen atoms in total. The van der Waals surface area contributed by atoms with Gasteiger partial charge in [-0.25, -0.2) is 4.79 Å². The number of hydrogen-bond donors (Lipinski definition) is 0. The van der Waals surface area contributed by atoms with E-state index in [1.54, 1.807) is 6.92 Å². The molecule has 1 aliphatic heterocycles. The Morgan fingerprint density at radius 3 is 2.53 bits per heavy atom. The number of hydrogen-bond acceptors (Lipinski definition) is 5. The van der Waals surface area contributed by atoms with Gasteiger partial charge in [-0.1, -0.05) is 0 Å². The minimum atomic E-state index is -1.46. The number of nitriles is 1. The van der Waals surface area contributed by atoms with Crippen LogP contribution in [-0.2, 0) is 14.3 Å². The van der Waals surface area contributed by atoms with Crippen LogP contribution in [0.4, 0.5) is 4.79 Å². The van der Waals surface area contributed by atoms with Gasteiger partial charge in [-0.2, -0.15) is 5.26 Å². The number of carbonyl (C=O) groups is 3. The molecule has 102 valence electrons. The summed E-state index contributed by atoms with van der Waals surface area (Å²) in [5.41, 5.74) is -2.64. The fourth-order valence-corrected chi connectivity index (χ4v) is 3.28. The number of rotatable bonds is 1. The minimum Gasteiger partial charge on any atom is -0.469 e. The van der Waals surface area contributed by atoms with Crippen LogP contribution in [0.2, 0.25) is 0 Å². The number of amides is 3. The predicted octanol–water partition coefficient (Wildman–Crippen LogP) is -0.0282. The molecule has 1 heterocycles. The topological polar surface area (TPSA) is 90.7 Å². The molecule has 3 unspecified atom stereocenters. The van der Waals surface area contributed by atoms with Gasteiger partial charge in [0.15, 0.2) is 5.54 Å². The van der Waals surface area contributed by atoms with E-state index in [0.717, 1.165) is 4.90 Å². The van der Waals surface area contributed by atoms with Crippen LogP contribution in [0.15, 0.2) is 0 Å². The van der Waals surface area contributed by atoms with Crippen molar-refractivity contribution in [1.29, 1.82) is 5.26 Å². The summed E-state index contributed by atoms with van der Waals surface area (Å²) < 4.78 is 4.73. The summed E-state index contributed by atoms with van der Waals surface area (Å²) in [4.78, 5) is 38.2. The zero-order valence-electron chi connectivity index (χ0n) is 11.3. The quantitative estimate of drug-likeness (QED) is 0.621. The van der Waals surface area contributed by atoms with Crippen molar-refractivity contribution in [2.75, 3.05) is 21.2 Å². The number of imide groups is 1. The number of ether oxygens (including phenoxy) is 1. The second-order valence-corrected chi connectivity index (χ2v) is 5.20. The first-order valence-electron chi connectivity index (χ1n) is 5.83. The fourth-order valence-electron chi connectivity index (χ4n) is 3.28. The van der Waals surface area contributed by atoms with E-state index in [2.05, 4.69) is 0 Å². The zero-order chi connectivity index (χ0) is 14.6. The minimum absolute atomic E-state index is 0.202. The van der Waals surface area contributed by atoms with Crippen LogP contribution < -0.4 is 0 Å². The predicted molar refractivity (Wildman–Crippen MR) is 62.5 cm³/mol. The summed E-state index contributed by atoms with van der Waals surface area (Å²) >= 11 is 0. The molecule has 7 heteroatoms. The third-order valence-electron chi connectivity index (χ3n) is 4.50. The Kier molecular flexibility index (Phi) is 2.59. The van der Waals surface area contributed by atoms with E-state index < -0.39 is 34.8 Å². The average Bonchev–Trinajstić information content (AvgIpc) is 2.40. The molecule has 2 aliphatic rings. The molecule has 1 saturated heterocycles. The van der Waals surface area contributed by atoms with Gasteiger partial charge in [-0.05, 0) is 13.3 Å². The Hall–Kier alpha value is -2.10. The molecule has 0 spiro atoms. The smallest absolute Gasteiger partial charge is 0.327 e. The first-order chi connectivity index (χ1) is 8.77. The summed E-state index contributed by atoms with van der Waals surface area (Å²) in [6.45, 7) is 1.56. The van der Waals surface area contributed by atoms with Crippen LogP contribution in [0.3, 0.4) is 0 Å². The fraction of sp³-hybridized carbons (Fsp3) is 0.667. The lowest BCUT2D eigenvalue weighted by atomic mass is 9.48.